The summed E-state index contributed by atoms with van der Waals surface area (Å²) in [5, 5.41) is 4.80. The third-order valence-corrected chi connectivity index (χ3v) is 6.25. The molecule has 0 amide bonds. The average molecular weight is 375 g/mol. The summed E-state index contributed by atoms with van der Waals surface area (Å²) in [6.07, 6.45) is 6.89. The minimum atomic E-state index is 0.756. The number of fused-ring (bicyclic) bond motifs is 3. The van der Waals surface area contributed by atoms with Gasteiger partial charge in [-0.15, -0.1) is 11.3 Å². The molecule has 5 rings (SSSR count). The topological polar surface area (TPSA) is 51.0 Å². The standard InChI is InChI=1S/C22H21N3OS/c1-2-6-15(7-3-1)14-19-24-21(23-12-11-16-8-5-13-26-16)20-17-9-4-10-18(17)27-22(20)25-19/h1-3,5-8,13H,4,9-12,14H2,(H,23,24,25). The lowest BCUT2D eigenvalue weighted by Gasteiger charge is -2.10. The van der Waals surface area contributed by atoms with Crippen LogP contribution in [0.25, 0.3) is 10.2 Å². The van der Waals surface area contributed by atoms with Crippen molar-refractivity contribution in [1.82, 2.24) is 9.97 Å². The van der Waals surface area contributed by atoms with Crippen LogP contribution in [0.1, 0.15) is 34.0 Å². The molecule has 0 saturated heterocycles. The Morgan fingerprint density at radius 1 is 1.04 bits per heavy atom. The molecule has 0 bridgehead atoms. The van der Waals surface area contributed by atoms with E-state index in [1.165, 1.54) is 34.2 Å². The smallest absolute Gasteiger partial charge is 0.138 e. The zero-order valence-electron chi connectivity index (χ0n) is 15.1. The van der Waals surface area contributed by atoms with Crippen molar-refractivity contribution >= 4 is 27.4 Å². The van der Waals surface area contributed by atoms with E-state index in [1.54, 1.807) is 6.26 Å². The summed E-state index contributed by atoms with van der Waals surface area (Å²) in [5.41, 5.74) is 2.70. The second-order valence-corrected chi connectivity index (χ2v) is 8.03. The predicted octanol–water partition coefficient (Wildman–Crippen LogP) is 5.02. The number of nitrogens with one attached hydrogen (secondary N) is 1. The van der Waals surface area contributed by atoms with Crippen molar-refractivity contribution in [1.29, 1.82) is 0 Å². The maximum Gasteiger partial charge on any atom is 0.138 e. The monoisotopic (exact) mass is 375 g/mol. The van der Waals surface area contributed by atoms with Crippen LogP contribution in [0.4, 0.5) is 5.82 Å². The maximum absolute atomic E-state index is 5.45. The van der Waals surface area contributed by atoms with E-state index in [4.69, 9.17) is 14.4 Å². The number of thiophene rings is 1. The van der Waals surface area contributed by atoms with E-state index in [0.29, 0.717) is 0 Å². The Morgan fingerprint density at radius 3 is 2.81 bits per heavy atom. The van der Waals surface area contributed by atoms with Crippen LogP contribution in [0.15, 0.2) is 53.1 Å². The van der Waals surface area contributed by atoms with Crippen LogP contribution in [0.2, 0.25) is 0 Å². The van der Waals surface area contributed by atoms with Crippen molar-refractivity contribution in [2.45, 2.75) is 32.1 Å². The molecule has 3 heterocycles. The first-order valence-electron chi connectivity index (χ1n) is 9.48. The van der Waals surface area contributed by atoms with Gasteiger partial charge in [-0.3, -0.25) is 0 Å². The van der Waals surface area contributed by atoms with Crippen molar-refractivity contribution in [3.63, 3.8) is 0 Å². The molecule has 3 aromatic heterocycles. The molecule has 27 heavy (non-hydrogen) atoms. The minimum absolute atomic E-state index is 0.756. The second-order valence-electron chi connectivity index (χ2n) is 6.94. The molecule has 0 fully saturated rings. The highest BCUT2D eigenvalue weighted by molar-refractivity contribution is 7.19. The largest absolute Gasteiger partial charge is 0.469 e. The van der Waals surface area contributed by atoms with Gasteiger partial charge in [0.15, 0.2) is 0 Å². The van der Waals surface area contributed by atoms with E-state index in [1.807, 2.05) is 29.5 Å². The molecular formula is C22H21N3OS. The van der Waals surface area contributed by atoms with Gasteiger partial charge >= 0.3 is 0 Å². The normalized spacial score (nSPS) is 13.2. The van der Waals surface area contributed by atoms with Crippen molar-refractivity contribution in [2.75, 3.05) is 11.9 Å². The maximum atomic E-state index is 5.45. The Balaban J connectivity index is 1.47. The average Bonchev–Trinajstić information content (AvgIpc) is 3.39. The van der Waals surface area contributed by atoms with Gasteiger partial charge in [-0.05, 0) is 42.5 Å². The van der Waals surface area contributed by atoms with Gasteiger partial charge in [-0.25, -0.2) is 9.97 Å². The van der Waals surface area contributed by atoms with E-state index >= 15 is 0 Å². The number of benzene rings is 1. The number of aryl methyl sites for hydroxylation is 2. The number of nitrogens with zero attached hydrogens (tertiary/aromatic N) is 2. The first-order valence-corrected chi connectivity index (χ1v) is 10.3. The van der Waals surface area contributed by atoms with Gasteiger partial charge in [0, 0.05) is 24.3 Å². The molecule has 0 spiro atoms. The first kappa shape index (κ1) is 16.5. The molecular weight excluding hydrogens is 354 g/mol. The van der Waals surface area contributed by atoms with Gasteiger partial charge in [-0.2, -0.15) is 0 Å². The molecule has 136 valence electrons. The van der Waals surface area contributed by atoms with Gasteiger partial charge in [0.2, 0.25) is 0 Å². The molecule has 1 aliphatic carbocycles. The fourth-order valence-electron chi connectivity index (χ4n) is 3.78. The van der Waals surface area contributed by atoms with Gasteiger partial charge in [-0.1, -0.05) is 30.3 Å². The van der Waals surface area contributed by atoms with Crippen LogP contribution in [0.3, 0.4) is 0 Å². The SMILES string of the molecule is c1ccc(Cc2nc(NCCc3ccco3)c3c4c(sc3n2)CCC4)cc1. The van der Waals surface area contributed by atoms with Gasteiger partial charge in [0.1, 0.15) is 22.2 Å². The highest BCUT2D eigenvalue weighted by Crippen LogP contribution is 2.39. The molecule has 4 aromatic rings. The number of hydrogen-bond donors (Lipinski definition) is 1. The molecule has 0 saturated carbocycles. The Hall–Kier alpha value is -2.66. The molecule has 0 aliphatic heterocycles. The molecule has 0 atom stereocenters. The number of anilines is 1. The lowest BCUT2D eigenvalue weighted by atomic mass is 10.1. The van der Waals surface area contributed by atoms with Gasteiger partial charge < -0.3 is 9.73 Å². The molecule has 0 unspecified atom stereocenters. The number of hydrogen-bond acceptors (Lipinski definition) is 5. The molecule has 1 aromatic carbocycles. The zero-order chi connectivity index (χ0) is 18.1. The summed E-state index contributed by atoms with van der Waals surface area (Å²) in [5.74, 6) is 2.86. The zero-order valence-corrected chi connectivity index (χ0v) is 15.9. The van der Waals surface area contributed by atoms with Crippen molar-refractivity contribution in [3.8, 4) is 0 Å². The third kappa shape index (κ3) is 3.35. The fraction of sp³-hybridized carbons (Fsp3) is 0.273. The molecule has 4 nitrogen and oxygen atoms in total. The van der Waals surface area contributed by atoms with Crippen molar-refractivity contribution in [3.05, 3.63) is 76.3 Å². The van der Waals surface area contributed by atoms with Crippen LogP contribution in [0.5, 0.6) is 0 Å². The minimum Gasteiger partial charge on any atom is -0.469 e. The number of furan rings is 1. The Kier molecular flexibility index (Phi) is 4.38. The lowest BCUT2D eigenvalue weighted by molar-refractivity contribution is 0.513. The summed E-state index contributed by atoms with van der Waals surface area (Å²) in [6.45, 7) is 0.801. The Bertz CT molecular complexity index is 1050. The Labute approximate surface area is 162 Å². The van der Waals surface area contributed by atoms with E-state index in [2.05, 4.69) is 29.6 Å². The highest BCUT2D eigenvalue weighted by Gasteiger charge is 2.22. The quantitative estimate of drug-likeness (QED) is 0.514. The van der Waals surface area contributed by atoms with Crippen molar-refractivity contribution < 1.29 is 4.42 Å². The van der Waals surface area contributed by atoms with E-state index in [-0.39, 0.29) is 0 Å². The van der Waals surface area contributed by atoms with E-state index in [0.717, 1.165) is 48.0 Å². The predicted molar refractivity (Wildman–Crippen MR) is 110 cm³/mol. The fourth-order valence-corrected chi connectivity index (χ4v) is 5.06. The summed E-state index contributed by atoms with van der Waals surface area (Å²) < 4.78 is 5.45. The van der Waals surface area contributed by atoms with E-state index in [9.17, 15) is 0 Å². The van der Waals surface area contributed by atoms with Crippen LogP contribution in [-0.4, -0.2) is 16.5 Å². The van der Waals surface area contributed by atoms with Crippen LogP contribution in [0, 0.1) is 0 Å². The highest BCUT2D eigenvalue weighted by atomic mass is 32.1. The Morgan fingerprint density at radius 2 is 1.96 bits per heavy atom. The summed E-state index contributed by atoms with van der Waals surface area (Å²) in [4.78, 5) is 12.4. The number of rotatable bonds is 6. The molecule has 0 radical (unpaired) electrons. The van der Waals surface area contributed by atoms with E-state index < -0.39 is 0 Å². The summed E-state index contributed by atoms with van der Waals surface area (Å²) in [6, 6.07) is 14.4. The summed E-state index contributed by atoms with van der Waals surface area (Å²) in [7, 11) is 0. The van der Waals surface area contributed by atoms with Crippen LogP contribution in [-0.2, 0) is 25.7 Å². The summed E-state index contributed by atoms with van der Waals surface area (Å²) >= 11 is 1.85. The lowest BCUT2D eigenvalue weighted by Crippen LogP contribution is -2.09. The molecule has 1 N–H and O–H groups in total. The number of aromatic nitrogens is 2. The third-order valence-electron chi connectivity index (χ3n) is 5.06. The van der Waals surface area contributed by atoms with Gasteiger partial charge in [0.25, 0.3) is 0 Å². The van der Waals surface area contributed by atoms with Crippen LogP contribution >= 0.6 is 11.3 Å². The molecule has 5 heteroatoms. The van der Waals surface area contributed by atoms with Crippen molar-refractivity contribution in [2.24, 2.45) is 0 Å². The second kappa shape index (κ2) is 7.16. The van der Waals surface area contributed by atoms with Crippen LogP contribution < -0.4 is 5.32 Å². The first-order chi connectivity index (χ1) is 13.4. The molecule has 1 aliphatic rings. The van der Waals surface area contributed by atoms with Gasteiger partial charge in [0.05, 0.1) is 11.6 Å².